The van der Waals surface area contributed by atoms with Crippen LogP contribution in [0, 0.1) is 0 Å². The third-order valence-corrected chi connectivity index (χ3v) is 3.52. The van der Waals surface area contributed by atoms with Crippen molar-refractivity contribution >= 4 is 10.9 Å². The van der Waals surface area contributed by atoms with Crippen LogP contribution in [0.4, 0.5) is 0 Å². The van der Waals surface area contributed by atoms with Crippen molar-refractivity contribution in [2.75, 3.05) is 0 Å². The Morgan fingerprint density at radius 2 is 1.93 bits per heavy atom. The molecule has 1 heterocycles. The number of aromatic amines is 1. The fourth-order valence-corrected chi connectivity index (χ4v) is 2.59. The van der Waals surface area contributed by atoms with E-state index in [1.54, 1.807) is 0 Å². The maximum atomic E-state index is 10.4. The fourth-order valence-electron chi connectivity index (χ4n) is 2.59. The van der Waals surface area contributed by atoms with Gasteiger partial charge in [0.1, 0.15) is 0 Å². The lowest BCUT2D eigenvalue weighted by Gasteiger charge is -2.22. The van der Waals surface area contributed by atoms with Gasteiger partial charge in [-0.2, -0.15) is 0 Å². The van der Waals surface area contributed by atoms with E-state index in [2.05, 4.69) is 23.2 Å². The quantitative estimate of drug-likeness (QED) is 0.731. The maximum absolute atomic E-state index is 10.4. The Labute approximate surface area is 88.9 Å². The Kier molecular flexibility index (Phi) is 1.86. The van der Waals surface area contributed by atoms with E-state index in [0.29, 0.717) is 0 Å². The highest BCUT2D eigenvalue weighted by atomic mass is 16.3. The zero-order valence-corrected chi connectivity index (χ0v) is 8.66. The van der Waals surface area contributed by atoms with Gasteiger partial charge in [0.2, 0.25) is 0 Å². The van der Waals surface area contributed by atoms with Crippen molar-refractivity contribution in [3.05, 3.63) is 36.0 Å². The number of H-pyrrole nitrogens is 1. The minimum absolute atomic E-state index is 0.564. The summed E-state index contributed by atoms with van der Waals surface area (Å²) in [6.07, 6.45) is 6.03. The molecule has 0 atom stereocenters. The van der Waals surface area contributed by atoms with Crippen LogP contribution >= 0.6 is 0 Å². The molecular formula is C13H15NO. The van der Waals surface area contributed by atoms with Crippen molar-refractivity contribution in [2.45, 2.75) is 31.3 Å². The lowest BCUT2D eigenvalue weighted by molar-refractivity contribution is 0.0446. The predicted molar refractivity (Wildman–Crippen MR) is 60.7 cm³/mol. The van der Waals surface area contributed by atoms with Crippen LogP contribution in [0.5, 0.6) is 0 Å². The van der Waals surface area contributed by atoms with Crippen LogP contribution in [-0.4, -0.2) is 10.1 Å². The van der Waals surface area contributed by atoms with Gasteiger partial charge < -0.3 is 10.1 Å². The van der Waals surface area contributed by atoms with Gasteiger partial charge in [0.15, 0.2) is 0 Å². The van der Waals surface area contributed by atoms with Crippen molar-refractivity contribution < 1.29 is 5.11 Å². The predicted octanol–water partition coefficient (Wildman–Crippen LogP) is 2.93. The van der Waals surface area contributed by atoms with Crippen molar-refractivity contribution in [1.82, 2.24) is 4.98 Å². The van der Waals surface area contributed by atoms with E-state index < -0.39 is 5.60 Å². The summed E-state index contributed by atoms with van der Waals surface area (Å²) >= 11 is 0. The van der Waals surface area contributed by atoms with Gasteiger partial charge in [-0.1, -0.05) is 18.9 Å². The van der Waals surface area contributed by atoms with Gasteiger partial charge in [-0.25, -0.2) is 0 Å². The van der Waals surface area contributed by atoms with Crippen LogP contribution in [0.25, 0.3) is 10.9 Å². The standard InChI is InChI=1S/C13H15NO/c15-13(6-1-2-7-13)11-3-4-12-10(9-11)5-8-14-12/h3-5,8-9,14-15H,1-2,6-7H2. The van der Waals surface area contributed by atoms with E-state index in [0.717, 1.165) is 36.8 Å². The number of fused-ring (bicyclic) bond motifs is 1. The van der Waals surface area contributed by atoms with Gasteiger partial charge in [-0.3, -0.25) is 0 Å². The summed E-state index contributed by atoms with van der Waals surface area (Å²) in [4.78, 5) is 3.17. The Morgan fingerprint density at radius 1 is 1.13 bits per heavy atom. The molecule has 1 aliphatic rings. The molecule has 15 heavy (non-hydrogen) atoms. The molecule has 0 radical (unpaired) electrons. The molecule has 1 saturated carbocycles. The molecule has 1 aliphatic carbocycles. The number of hydrogen-bond acceptors (Lipinski definition) is 1. The molecule has 3 rings (SSSR count). The molecule has 1 fully saturated rings. The molecule has 2 nitrogen and oxygen atoms in total. The first-order valence-corrected chi connectivity index (χ1v) is 5.58. The number of hydrogen-bond donors (Lipinski definition) is 2. The summed E-state index contributed by atoms with van der Waals surface area (Å²) < 4.78 is 0. The van der Waals surface area contributed by atoms with E-state index in [-0.39, 0.29) is 0 Å². The second-order valence-corrected chi connectivity index (χ2v) is 4.52. The molecule has 78 valence electrons. The summed E-state index contributed by atoms with van der Waals surface area (Å²) in [5.74, 6) is 0. The summed E-state index contributed by atoms with van der Waals surface area (Å²) in [5, 5.41) is 11.6. The average Bonchev–Trinajstić information content (AvgIpc) is 2.85. The molecule has 0 unspecified atom stereocenters. The van der Waals surface area contributed by atoms with Gasteiger partial charge in [0.05, 0.1) is 5.60 Å². The highest BCUT2D eigenvalue weighted by molar-refractivity contribution is 5.80. The first-order valence-electron chi connectivity index (χ1n) is 5.58. The average molecular weight is 201 g/mol. The first-order chi connectivity index (χ1) is 7.28. The third kappa shape index (κ3) is 1.37. The number of aliphatic hydroxyl groups is 1. The van der Waals surface area contributed by atoms with Crippen LogP contribution in [0.1, 0.15) is 31.2 Å². The molecular weight excluding hydrogens is 186 g/mol. The normalized spacial score (nSPS) is 19.8. The summed E-state index contributed by atoms with van der Waals surface area (Å²) in [6.45, 7) is 0. The van der Waals surface area contributed by atoms with E-state index in [1.165, 1.54) is 5.39 Å². The fraction of sp³-hybridized carbons (Fsp3) is 0.385. The molecule has 0 saturated heterocycles. The Hall–Kier alpha value is -1.28. The molecule has 1 aromatic carbocycles. The van der Waals surface area contributed by atoms with E-state index >= 15 is 0 Å². The van der Waals surface area contributed by atoms with Crippen LogP contribution in [-0.2, 0) is 5.60 Å². The summed E-state index contributed by atoms with van der Waals surface area (Å²) in [6, 6.07) is 8.26. The Morgan fingerprint density at radius 3 is 2.73 bits per heavy atom. The second-order valence-electron chi connectivity index (χ2n) is 4.52. The van der Waals surface area contributed by atoms with Crippen molar-refractivity contribution in [2.24, 2.45) is 0 Å². The van der Waals surface area contributed by atoms with Crippen LogP contribution in [0.2, 0.25) is 0 Å². The first kappa shape index (κ1) is 8.98. The van der Waals surface area contributed by atoms with Crippen molar-refractivity contribution in [3.8, 4) is 0 Å². The van der Waals surface area contributed by atoms with Gasteiger partial charge in [-0.15, -0.1) is 0 Å². The van der Waals surface area contributed by atoms with E-state index in [9.17, 15) is 5.11 Å². The number of benzene rings is 1. The third-order valence-electron chi connectivity index (χ3n) is 3.52. The van der Waals surface area contributed by atoms with Gasteiger partial charge in [-0.05, 0) is 42.0 Å². The van der Waals surface area contributed by atoms with Crippen LogP contribution in [0.3, 0.4) is 0 Å². The van der Waals surface area contributed by atoms with Crippen molar-refractivity contribution in [3.63, 3.8) is 0 Å². The van der Waals surface area contributed by atoms with E-state index in [4.69, 9.17) is 0 Å². The Bertz CT molecular complexity index is 480. The summed E-state index contributed by atoms with van der Waals surface area (Å²) in [5.41, 5.74) is 1.65. The smallest absolute Gasteiger partial charge is 0.0896 e. The van der Waals surface area contributed by atoms with Gasteiger partial charge in [0, 0.05) is 11.7 Å². The zero-order valence-electron chi connectivity index (χ0n) is 8.66. The molecule has 0 amide bonds. The topological polar surface area (TPSA) is 36.0 Å². The second kappa shape index (κ2) is 3.11. The molecule has 1 aromatic heterocycles. The highest BCUT2D eigenvalue weighted by Gasteiger charge is 2.32. The highest BCUT2D eigenvalue weighted by Crippen LogP contribution is 2.39. The van der Waals surface area contributed by atoms with Gasteiger partial charge in [0.25, 0.3) is 0 Å². The zero-order chi connectivity index (χ0) is 10.3. The molecule has 2 heteroatoms. The SMILES string of the molecule is OC1(c2ccc3[nH]ccc3c2)CCCC1. The minimum Gasteiger partial charge on any atom is -0.385 e. The van der Waals surface area contributed by atoms with Crippen LogP contribution < -0.4 is 0 Å². The molecule has 0 spiro atoms. The molecule has 0 bridgehead atoms. The van der Waals surface area contributed by atoms with Crippen molar-refractivity contribution in [1.29, 1.82) is 0 Å². The monoisotopic (exact) mass is 201 g/mol. The Balaban J connectivity index is 2.10. The van der Waals surface area contributed by atoms with Gasteiger partial charge >= 0.3 is 0 Å². The molecule has 0 aliphatic heterocycles. The van der Waals surface area contributed by atoms with Crippen LogP contribution in [0.15, 0.2) is 30.5 Å². The molecule has 2 N–H and O–H groups in total. The van der Waals surface area contributed by atoms with E-state index in [1.807, 2.05) is 12.3 Å². The number of rotatable bonds is 1. The maximum Gasteiger partial charge on any atom is 0.0896 e. The molecule has 2 aromatic rings. The minimum atomic E-state index is -0.564. The lowest BCUT2D eigenvalue weighted by atomic mass is 9.91. The lowest BCUT2D eigenvalue weighted by Crippen LogP contribution is -2.20. The largest absolute Gasteiger partial charge is 0.385 e. The number of aromatic nitrogens is 1. The summed E-state index contributed by atoms with van der Waals surface area (Å²) in [7, 11) is 0. The number of nitrogens with one attached hydrogen (secondary N) is 1.